The molecule has 104 valence electrons. The standard InChI is InChI=1S/C15H21NO3/c1-3-19-15(10-4-5-11-15)14(17)16-12-6-8-13(18-2)9-7-12/h6-9H,3-5,10-11H2,1-2H3,(H,16,17). The number of hydrogen-bond donors (Lipinski definition) is 1. The Morgan fingerprint density at radius 1 is 1.26 bits per heavy atom. The molecular weight excluding hydrogens is 242 g/mol. The quantitative estimate of drug-likeness (QED) is 0.888. The Balaban J connectivity index is 2.05. The Morgan fingerprint density at radius 3 is 2.42 bits per heavy atom. The van der Waals surface area contributed by atoms with Crippen LogP contribution in [0, 0.1) is 0 Å². The van der Waals surface area contributed by atoms with E-state index in [1.165, 1.54) is 0 Å². The molecule has 1 amide bonds. The molecule has 1 N–H and O–H groups in total. The van der Waals surface area contributed by atoms with E-state index in [4.69, 9.17) is 9.47 Å². The van der Waals surface area contributed by atoms with E-state index in [1.807, 2.05) is 31.2 Å². The van der Waals surface area contributed by atoms with Gasteiger partial charge >= 0.3 is 0 Å². The van der Waals surface area contributed by atoms with Crippen LogP contribution in [0.4, 0.5) is 5.69 Å². The first-order valence-corrected chi connectivity index (χ1v) is 6.79. The third-order valence-corrected chi connectivity index (χ3v) is 3.59. The Labute approximate surface area is 114 Å². The van der Waals surface area contributed by atoms with Gasteiger partial charge in [0.2, 0.25) is 0 Å². The number of anilines is 1. The number of rotatable bonds is 5. The van der Waals surface area contributed by atoms with E-state index in [2.05, 4.69) is 5.32 Å². The van der Waals surface area contributed by atoms with Gasteiger partial charge < -0.3 is 14.8 Å². The zero-order chi connectivity index (χ0) is 13.7. The van der Waals surface area contributed by atoms with E-state index in [-0.39, 0.29) is 5.91 Å². The minimum Gasteiger partial charge on any atom is -0.497 e. The van der Waals surface area contributed by atoms with Crippen molar-refractivity contribution < 1.29 is 14.3 Å². The largest absolute Gasteiger partial charge is 0.497 e. The molecule has 0 spiro atoms. The number of carbonyl (C=O) groups is 1. The highest BCUT2D eigenvalue weighted by Gasteiger charge is 2.41. The summed E-state index contributed by atoms with van der Waals surface area (Å²) in [5, 5.41) is 2.94. The van der Waals surface area contributed by atoms with Crippen molar-refractivity contribution in [3.05, 3.63) is 24.3 Å². The molecule has 1 saturated carbocycles. The van der Waals surface area contributed by atoms with Gasteiger partial charge in [0, 0.05) is 12.3 Å². The van der Waals surface area contributed by atoms with Crippen molar-refractivity contribution in [1.29, 1.82) is 0 Å². The monoisotopic (exact) mass is 263 g/mol. The van der Waals surface area contributed by atoms with E-state index in [1.54, 1.807) is 7.11 Å². The van der Waals surface area contributed by atoms with Crippen LogP contribution in [0.1, 0.15) is 32.6 Å². The zero-order valence-corrected chi connectivity index (χ0v) is 11.6. The molecule has 19 heavy (non-hydrogen) atoms. The summed E-state index contributed by atoms with van der Waals surface area (Å²) in [5.41, 5.74) is 0.145. The third-order valence-electron chi connectivity index (χ3n) is 3.59. The maximum absolute atomic E-state index is 12.4. The van der Waals surface area contributed by atoms with Crippen molar-refractivity contribution >= 4 is 11.6 Å². The molecule has 2 rings (SSSR count). The molecule has 0 saturated heterocycles. The van der Waals surface area contributed by atoms with E-state index < -0.39 is 5.60 Å². The second-order valence-corrected chi connectivity index (χ2v) is 4.82. The van der Waals surface area contributed by atoms with Crippen LogP contribution in [0.5, 0.6) is 5.75 Å². The molecule has 0 unspecified atom stereocenters. The van der Waals surface area contributed by atoms with Gasteiger partial charge in [-0.3, -0.25) is 4.79 Å². The number of methoxy groups -OCH3 is 1. The molecule has 4 nitrogen and oxygen atoms in total. The van der Waals surface area contributed by atoms with Gasteiger partial charge in [0.1, 0.15) is 11.4 Å². The lowest BCUT2D eigenvalue weighted by atomic mass is 10.0. The van der Waals surface area contributed by atoms with Gasteiger partial charge in [-0.15, -0.1) is 0 Å². The van der Waals surface area contributed by atoms with Crippen LogP contribution in [0.15, 0.2) is 24.3 Å². The highest BCUT2D eigenvalue weighted by molar-refractivity contribution is 5.97. The Hall–Kier alpha value is -1.55. The predicted octanol–water partition coefficient (Wildman–Crippen LogP) is 2.98. The molecule has 0 bridgehead atoms. The Kier molecular flexibility index (Phi) is 4.43. The molecule has 1 aliphatic rings. The molecular formula is C15H21NO3. The fourth-order valence-electron chi connectivity index (χ4n) is 2.58. The normalized spacial score (nSPS) is 17.2. The van der Waals surface area contributed by atoms with Gasteiger partial charge in [0.25, 0.3) is 5.91 Å². The van der Waals surface area contributed by atoms with Gasteiger partial charge in [-0.05, 0) is 56.9 Å². The lowest BCUT2D eigenvalue weighted by molar-refractivity contribution is -0.140. The summed E-state index contributed by atoms with van der Waals surface area (Å²) >= 11 is 0. The van der Waals surface area contributed by atoms with E-state index in [0.717, 1.165) is 37.1 Å². The zero-order valence-electron chi connectivity index (χ0n) is 11.6. The van der Waals surface area contributed by atoms with Crippen molar-refractivity contribution in [3.8, 4) is 5.75 Å². The predicted molar refractivity (Wildman–Crippen MR) is 74.4 cm³/mol. The van der Waals surface area contributed by atoms with E-state index in [9.17, 15) is 4.79 Å². The SMILES string of the molecule is CCOC1(C(=O)Nc2ccc(OC)cc2)CCCC1. The first-order chi connectivity index (χ1) is 9.20. The third kappa shape index (κ3) is 3.07. The lowest BCUT2D eigenvalue weighted by Gasteiger charge is -2.27. The number of ether oxygens (including phenoxy) is 2. The fraction of sp³-hybridized carbons (Fsp3) is 0.533. The van der Waals surface area contributed by atoms with Crippen molar-refractivity contribution in [2.75, 3.05) is 19.0 Å². The summed E-state index contributed by atoms with van der Waals surface area (Å²) < 4.78 is 10.8. The van der Waals surface area contributed by atoms with E-state index >= 15 is 0 Å². The van der Waals surface area contributed by atoms with E-state index in [0.29, 0.717) is 6.61 Å². The van der Waals surface area contributed by atoms with Crippen LogP contribution in [0.3, 0.4) is 0 Å². The molecule has 0 aliphatic heterocycles. The first-order valence-electron chi connectivity index (χ1n) is 6.79. The fourth-order valence-corrected chi connectivity index (χ4v) is 2.58. The number of hydrogen-bond acceptors (Lipinski definition) is 3. The number of benzene rings is 1. The minimum atomic E-state index is -0.630. The minimum absolute atomic E-state index is 0.0305. The summed E-state index contributed by atoms with van der Waals surface area (Å²) in [6.45, 7) is 2.50. The molecule has 1 fully saturated rings. The van der Waals surface area contributed by atoms with Crippen LogP contribution in [-0.4, -0.2) is 25.2 Å². The lowest BCUT2D eigenvalue weighted by Crippen LogP contribution is -2.43. The summed E-state index contributed by atoms with van der Waals surface area (Å²) in [4.78, 5) is 12.4. The average Bonchev–Trinajstić information content (AvgIpc) is 2.90. The van der Waals surface area contributed by atoms with Gasteiger partial charge in [-0.2, -0.15) is 0 Å². The first kappa shape index (κ1) is 13.9. The topological polar surface area (TPSA) is 47.6 Å². The van der Waals surface area contributed by atoms with Crippen LogP contribution in [0.25, 0.3) is 0 Å². The summed E-state index contributed by atoms with van der Waals surface area (Å²) in [6.07, 6.45) is 3.72. The smallest absolute Gasteiger partial charge is 0.256 e. The average molecular weight is 263 g/mol. The maximum atomic E-state index is 12.4. The second kappa shape index (κ2) is 6.06. The molecule has 0 aromatic heterocycles. The number of amides is 1. The van der Waals surface area contributed by atoms with Gasteiger partial charge in [0.05, 0.1) is 7.11 Å². The Morgan fingerprint density at radius 2 is 1.89 bits per heavy atom. The van der Waals surface area contributed by atoms with Crippen LogP contribution in [0.2, 0.25) is 0 Å². The van der Waals surface area contributed by atoms with Crippen LogP contribution in [-0.2, 0) is 9.53 Å². The van der Waals surface area contributed by atoms with Crippen molar-refractivity contribution in [2.24, 2.45) is 0 Å². The van der Waals surface area contributed by atoms with Crippen LogP contribution >= 0.6 is 0 Å². The Bertz CT molecular complexity index is 422. The number of carbonyl (C=O) groups excluding carboxylic acids is 1. The molecule has 1 aromatic carbocycles. The van der Waals surface area contributed by atoms with Crippen molar-refractivity contribution in [2.45, 2.75) is 38.2 Å². The van der Waals surface area contributed by atoms with Crippen molar-refractivity contribution in [3.63, 3.8) is 0 Å². The van der Waals surface area contributed by atoms with Gasteiger partial charge in [0.15, 0.2) is 0 Å². The summed E-state index contributed by atoms with van der Waals surface area (Å²) in [7, 11) is 1.62. The highest BCUT2D eigenvalue weighted by Crippen LogP contribution is 2.34. The second-order valence-electron chi connectivity index (χ2n) is 4.82. The molecule has 4 heteroatoms. The molecule has 1 aromatic rings. The van der Waals surface area contributed by atoms with Gasteiger partial charge in [-0.1, -0.05) is 0 Å². The van der Waals surface area contributed by atoms with Crippen LogP contribution < -0.4 is 10.1 Å². The summed E-state index contributed by atoms with van der Waals surface area (Å²) in [5.74, 6) is 0.746. The molecule has 0 radical (unpaired) electrons. The number of nitrogens with one attached hydrogen (secondary N) is 1. The molecule has 0 heterocycles. The maximum Gasteiger partial charge on any atom is 0.256 e. The highest BCUT2D eigenvalue weighted by atomic mass is 16.5. The van der Waals surface area contributed by atoms with Gasteiger partial charge in [-0.25, -0.2) is 0 Å². The van der Waals surface area contributed by atoms with Crippen molar-refractivity contribution in [1.82, 2.24) is 0 Å². The molecule has 0 atom stereocenters. The molecule has 1 aliphatic carbocycles. The summed E-state index contributed by atoms with van der Waals surface area (Å²) in [6, 6.07) is 7.34.